The highest BCUT2D eigenvalue weighted by molar-refractivity contribution is 7.24. The van der Waals surface area contributed by atoms with Crippen molar-refractivity contribution < 1.29 is 4.42 Å². The van der Waals surface area contributed by atoms with E-state index in [2.05, 4.69) is 16.6 Å². The number of furan rings is 1. The quantitative estimate of drug-likeness (QED) is 0.658. The molecule has 0 radical (unpaired) electrons. The Balaban J connectivity index is 1.50. The zero-order valence-corrected chi connectivity index (χ0v) is 14.8. The van der Waals surface area contributed by atoms with Gasteiger partial charge in [0.2, 0.25) is 0 Å². The summed E-state index contributed by atoms with van der Waals surface area (Å²) in [5.41, 5.74) is 8.77. The Hall–Kier alpha value is -1.37. The van der Waals surface area contributed by atoms with Crippen LogP contribution in [0, 0.1) is 12.8 Å². The monoisotopic (exact) mass is 347 g/mol. The van der Waals surface area contributed by atoms with Crippen molar-refractivity contribution in [3.63, 3.8) is 0 Å². The number of nitrogens with one attached hydrogen (secondary N) is 1. The molecule has 0 bridgehead atoms. The minimum absolute atomic E-state index is 0.284. The Morgan fingerprint density at radius 1 is 1.48 bits per heavy atom. The normalized spacial score (nSPS) is 16.1. The fourth-order valence-corrected chi connectivity index (χ4v) is 5.21. The molecule has 6 heteroatoms. The summed E-state index contributed by atoms with van der Waals surface area (Å²) >= 11 is 3.38. The third kappa shape index (κ3) is 3.29. The molecule has 0 saturated heterocycles. The van der Waals surface area contributed by atoms with E-state index in [0.29, 0.717) is 6.54 Å². The minimum atomic E-state index is 0.284. The van der Waals surface area contributed by atoms with Gasteiger partial charge in [-0.25, -0.2) is 0 Å². The highest BCUT2D eigenvalue weighted by atomic mass is 32.1. The van der Waals surface area contributed by atoms with E-state index in [0.717, 1.165) is 28.6 Å². The van der Waals surface area contributed by atoms with Gasteiger partial charge in [0, 0.05) is 10.9 Å². The first-order valence-corrected chi connectivity index (χ1v) is 9.69. The topological polar surface area (TPSA) is 64.1 Å². The summed E-state index contributed by atoms with van der Waals surface area (Å²) in [6.07, 6.45) is 6.59. The predicted molar refractivity (Wildman–Crippen MR) is 97.3 cm³/mol. The van der Waals surface area contributed by atoms with Crippen LogP contribution in [0.25, 0.3) is 10.2 Å². The number of aromatic nitrogens is 1. The number of aryl methyl sites for hydroxylation is 1. The molecule has 23 heavy (non-hydrogen) atoms. The van der Waals surface area contributed by atoms with Crippen molar-refractivity contribution in [1.29, 1.82) is 0 Å². The molecule has 1 atom stereocenters. The second kappa shape index (κ2) is 6.26. The Morgan fingerprint density at radius 2 is 2.35 bits per heavy atom. The fraction of sp³-hybridized carbons (Fsp3) is 0.471. The molecule has 0 aliphatic heterocycles. The maximum absolute atomic E-state index is 6.33. The number of rotatable bonds is 7. The van der Waals surface area contributed by atoms with Gasteiger partial charge in [-0.2, -0.15) is 4.37 Å². The first kappa shape index (κ1) is 15.2. The van der Waals surface area contributed by atoms with Crippen LogP contribution in [0.15, 0.2) is 22.8 Å². The summed E-state index contributed by atoms with van der Waals surface area (Å²) in [4.78, 5) is 1.39. The molecule has 0 amide bonds. The molecule has 4 rings (SSSR count). The van der Waals surface area contributed by atoms with E-state index >= 15 is 0 Å². The molecule has 0 unspecified atom stereocenters. The number of hydrogen-bond acceptors (Lipinski definition) is 6. The van der Waals surface area contributed by atoms with Crippen LogP contribution in [0.3, 0.4) is 0 Å². The first-order valence-electron chi connectivity index (χ1n) is 8.10. The zero-order chi connectivity index (χ0) is 15.8. The summed E-state index contributed by atoms with van der Waals surface area (Å²) in [5, 5.41) is 4.58. The molecule has 0 aromatic carbocycles. The number of fused-ring (bicyclic) bond motifs is 1. The second-order valence-electron chi connectivity index (χ2n) is 6.42. The van der Waals surface area contributed by atoms with Crippen molar-refractivity contribution in [2.24, 2.45) is 11.7 Å². The van der Waals surface area contributed by atoms with Gasteiger partial charge in [0.05, 0.1) is 17.5 Å². The van der Waals surface area contributed by atoms with Crippen LogP contribution in [-0.4, -0.2) is 10.4 Å². The molecule has 1 aliphatic carbocycles. The molecule has 4 nitrogen and oxygen atoms in total. The Labute approximate surface area is 143 Å². The van der Waals surface area contributed by atoms with Crippen LogP contribution >= 0.6 is 22.9 Å². The van der Waals surface area contributed by atoms with Crippen LogP contribution in [-0.2, 0) is 13.0 Å². The highest BCUT2D eigenvalue weighted by Crippen LogP contribution is 2.40. The number of thiophene rings is 1. The Bertz CT molecular complexity index is 786. The molecule has 1 fully saturated rings. The smallest absolute Gasteiger partial charge is 0.127 e. The van der Waals surface area contributed by atoms with Crippen molar-refractivity contribution in [2.75, 3.05) is 5.32 Å². The largest absolute Gasteiger partial charge is 0.467 e. The summed E-state index contributed by atoms with van der Waals surface area (Å²) in [5.74, 6) is 1.82. The molecule has 3 aromatic rings. The van der Waals surface area contributed by atoms with Crippen LogP contribution in [0.2, 0.25) is 0 Å². The molecule has 3 heterocycles. The number of nitrogens with zero attached hydrogens (tertiary/aromatic N) is 1. The molecule has 3 aromatic heterocycles. The van der Waals surface area contributed by atoms with Crippen molar-refractivity contribution in [2.45, 2.75) is 45.2 Å². The lowest BCUT2D eigenvalue weighted by molar-refractivity contribution is 0.518. The van der Waals surface area contributed by atoms with Gasteiger partial charge in [0.1, 0.15) is 16.3 Å². The fourth-order valence-electron chi connectivity index (χ4n) is 2.94. The van der Waals surface area contributed by atoms with E-state index in [9.17, 15) is 0 Å². The molecule has 1 aliphatic rings. The van der Waals surface area contributed by atoms with Crippen LogP contribution in [0.5, 0.6) is 0 Å². The van der Waals surface area contributed by atoms with Gasteiger partial charge in [-0.3, -0.25) is 0 Å². The summed E-state index contributed by atoms with van der Waals surface area (Å²) in [6, 6.07) is 4.17. The highest BCUT2D eigenvalue weighted by Gasteiger charge is 2.25. The average molecular weight is 348 g/mol. The van der Waals surface area contributed by atoms with E-state index in [1.54, 1.807) is 6.26 Å². The summed E-state index contributed by atoms with van der Waals surface area (Å²) in [7, 11) is 0. The van der Waals surface area contributed by atoms with Crippen molar-refractivity contribution in [3.05, 3.63) is 34.6 Å². The van der Waals surface area contributed by atoms with Gasteiger partial charge in [-0.1, -0.05) is 12.8 Å². The predicted octanol–water partition coefficient (Wildman–Crippen LogP) is 4.54. The lowest BCUT2D eigenvalue weighted by atomic mass is 10.1. The van der Waals surface area contributed by atoms with Gasteiger partial charge in [0.25, 0.3) is 0 Å². The van der Waals surface area contributed by atoms with Gasteiger partial charge in [0.15, 0.2) is 0 Å². The third-order valence-corrected chi connectivity index (χ3v) is 6.69. The summed E-state index contributed by atoms with van der Waals surface area (Å²) < 4.78 is 11.3. The van der Waals surface area contributed by atoms with Crippen LogP contribution in [0.4, 0.5) is 5.00 Å². The van der Waals surface area contributed by atoms with Crippen LogP contribution in [0.1, 0.15) is 35.5 Å². The SMILES string of the molecule is Cc1c(C[C@@H](N)CC2CC2)sc2c(NCc3ccco3)snc12. The number of nitrogens with two attached hydrogens (primary N) is 1. The first-order chi connectivity index (χ1) is 11.2. The number of anilines is 1. The molecular weight excluding hydrogens is 326 g/mol. The zero-order valence-electron chi connectivity index (χ0n) is 13.2. The van der Waals surface area contributed by atoms with E-state index in [1.165, 1.54) is 45.9 Å². The molecule has 122 valence electrons. The van der Waals surface area contributed by atoms with Gasteiger partial charge >= 0.3 is 0 Å². The van der Waals surface area contributed by atoms with Crippen molar-refractivity contribution in [1.82, 2.24) is 4.37 Å². The minimum Gasteiger partial charge on any atom is -0.467 e. The molecule has 0 spiro atoms. The van der Waals surface area contributed by atoms with E-state index in [-0.39, 0.29) is 6.04 Å². The molecule has 3 N–H and O–H groups in total. The maximum Gasteiger partial charge on any atom is 0.127 e. The standard InChI is InChI=1S/C17H21N3OS2/c1-10-14(8-12(18)7-11-4-5-11)22-16-15(10)20-23-17(16)19-9-13-3-2-6-21-13/h2-3,6,11-12,19H,4-5,7-9,18H2,1H3/t12-/m0/s1. The maximum atomic E-state index is 6.33. The average Bonchev–Trinajstić information content (AvgIpc) is 2.95. The second-order valence-corrected chi connectivity index (χ2v) is 8.29. The van der Waals surface area contributed by atoms with E-state index in [4.69, 9.17) is 10.2 Å². The van der Waals surface area contributed by atoms with Gasteiger partial charge in [-0.05, 0) is 54.9 Å². The molecular formula is C17H21N3OS2. The van der Waals surface area contributed by atoms with Crippen LogP contribution < -0.4 is 11.1 Å². The Kier molecular flexibility index (Phi) is 4.13. The van der Waals surface area contributed by atoms with Gasteiger partial charge in [-0.15, -0.1) is 11.3 Å². The number of hydrogen-bond donors (Lipinski definition) is 2. The van der Waals surface area contributed by atoms with Crippen molar-refractivity contribution in [3.8, 4) is 0 Å². The third-order valence-electron chi connectivity index (χ3n) is 4.43. The lowest BCUT2D eigenvalue weighted by Crippen LogP contribution is -2.23. The van der Waals surface area contributed by atoms with Gasteiger partial charge < -0.3 is 15.5 Å². The van der Waals surface area contributed by atoms with E-state index in [1.807, 2.05) is 23.5 Å². The Morgan fingerprint density at radius 3 is 3.09 bits per heavy atom. The van der Waals surface area contributed by atoms with E-state index < -0.39 is 0 Å². The lowest BCUT2D eigenvalue weighted by Gasteiger charge is -2.09. The summed E-state index contributed by atoms with van der Waals surface area (Å²) in [6.45, 7) is 2.87. The van der Waals surface area contributed by atoms with Crippen molar-refractivity contribution >= 4 is 38.1 Å². The molecule has 1 saturated carbocycles.